The van der Waals surface area contributed by atoms with Crippen LogP contribution in [0.3, 0.4) is 0 Å². The Morgan fingerprint density at radius 3 is 2.93 bits per heavy atom. The summed E-state index contributed by atoms with van der Waals surface area (Å²) in [6.45, 7) is 0.380. The van der Waals surface area contributed by atoms with Gasteiger partial charge in [-0.15, -0.1) is 23.1 Å². The van der Waals surface area contributed by atoms with E-state index < -0.39 is 0 Å². The maximum absolute atomic E-state index is 9.96. The van der Waals surface area contributed by atoms with Crippen LogP contribution in [0.2, 0.25) is 0 Å². The van der Waals surface area contributed by atoms with Gasteiger partial charge in [0.25, 0.3) is 0 Å². The van der Waals surface area contributed by atoms with Gasteiger partial charge >= 0.3 is 0 Å². The number of thiophene rings is 1. The van der Waals surface area contributed by atoms with Crippen molar-refractivity contribution in [2.75, 3.05) is 6.26 Å². The summed E-state index contributed by atoms with van der Waals surface area (Å²) in [5.74, 6) is 0.343. The Labute approximate surface area is 90.7 Å². The Balaban J connectivity index is 2.77. The molecule has 0 spiro atoms. The lowest BCUT2D eigenvalue weighted by molar-refractivity contribution is 0.474. The van der Waals surface area contributed by atoms with Crippen molar-refractivity contribution in [1.82, 2.24) is 0 Å². The van der Waals surface area contributed by atoms with Crippen LogP contribution in [0.4, 0.5) is 0 Å². The van der Waals surface area contributed by atoms with Gasteiger partial charge in [0.2, 0.25) is 0 Å². The van der Waals surface area contributed by atoms with Gasteiger partial charge in [-0.05, 0) is 17.0 Å². The Morgan fingerprint density at radius 2 is 2.29 bits per heavy atom. The molecule has 1 heterocycles. The smallest absolute Gasteiger partial charge is 0.129 e. The molecule has 2 rings (SSSR count). The third-order valence-electron chi connectivity index (χ3n) is 2.20. The molecular formula is C10H11NOS2. The zero-order valence-corrected chi connectivity index (χ0v) is 9.41. The highest BCUT2D eigenvalue weighted by molar-refractivity contribution is 8.00. The van der Waals surface area contributed by atoms with E-state index in [-0.39, 0.29) is 0 Å². The molecule has 0 saturated carbocycles. The van der Waals surface area contributed by atoms with Crippen molar-refractivity contribution in [3.8, 4) is 5.75 Å². The molecule has 0 saturated heterocycles. The molecule has 2 nitrogen and oxygen atoms in total. The predicted molar refractivity (Wildman–Crippen MR) is 63.2 cm³/mol. The molecular weight excluding hydrogens is 214 g/mol. The second kappa shape index (κ2) is 3.81. The number of rotatable bonds is 2. The minimum atomic E-state index is 0.343. The average molecular weight is 225 g/mol. The molecule has 0 fully saturated rings. The van der Waals surface area contributed by atoms with Crippen molar-refractivity contribution in [1.29, 1.82) is 0 Å². The molecule has 0 aliphatic heterocycles. The van der Waals surface area contributed by atoms with E-state index in [1.165, 1.54) is 0 Å². The number of phenolic OH excluding ortho intramolecular Hbond substituents is 1. The van der Waals surface area contributed by atoms with Crippen molar-refractivity contribution in [2.45, 2.75) is 10.8 Å². The number of fused-ring (bicyclic) bond motifs is 1. The molecule has 1 aromatic carbocycles. The molecule has 0 aliphatic carbocycles. The number of aromatic hydroxyl groups is 1. The number of nitrogens with two attached hydrogens (primary N) is 1. The van der Waals surface area contributed by atoms with Gasteiger partial charge in [0, 0.05) is 17.5 Å². The van der Waals surface area contributed by atoms with E-state index >= 15 is 0 Å². The lowest BCUT2D eigenvalue weighted by Gasteiger charge is -2.03. The Morgan fingerprint density at radius 1 is 1.50 bits per heavy atom. The average Bonchev–Trinajstić information content (AvgIpc) is 2.62. The van der Waals surface area contributed by atoms with Crippen molar-refractivity contribution in [3.05, 3.63) is 23.1 Å². The standard InChI is InChI=1S/C10H11NOS2/c1-13-10-8-7(5-14-10)3-2-6(4-11)9(8)12/h2-3,5,12H,4,11H2,1H3. The van der Waals surface area contributed by atoms with Crippen LogP contribution in [0.15, 0.2) is 21.7 Å². The van der Waals surface area contributed by atoms with Crippen molar-refractivity contribution in [3.63, 3.8) is 0 Å². The second-order valence-electron chi connectivity index (χ2n) is 2.97. The molecule has 0 bridgehead atoms. The first-order valence-corrected chi connectivity index (χ1v) is 6.34. The highest BCUT2D eigenvalue weighted by atomic mass is 32.2. The third-order valence-corrected chi connectivity index (χ3v) is 4.35. The van der Waals surface area contributed by atoms with Crippen LogP contribution in [0, 0.1) is 0 Å². The van der Waals surface area contributed by atoms with E-state index in [9.17, 15) is 5.11 Å². The summed E-state index contributed by atoms with van der Waals surface area (Å²) >= 11 is 3.31. The van der Waals surface area contributed by atoms with Gasteiger partial charge in [-0.1, -0.05) is 12.1 Å². The SMILES string of the molecule is CSc1scc2ccc(CN)c(O)c12. The van der Waals surface area contributed by atoms with Crippen LogP contribution in [-0.4, -0.2) is 11.4 Å². The van der Waals surface area contributed by atoms with Gasteiger partial charge in [0.05, 0.1) is 4.21 Å². The van der Waals surface area contributed by atoms with Gasteiger partial charge < -0.3 is 10.8 Å². The van der Waals surface area contributed by atoms with Gasteiger partial charge in [-0.2, -0.15) is 0 Å². The van der Waals surface area contributed by atoms with Crippen LogP contribution in [0.1, 0.15) is 5.56 Å². The highest BCUT2D eigenvalue weighted by Gasteiger charge is 2.10. The summed E-state index contributed by atoms with van der Waals surface area (Å²) in [5, 5.41) is 14.1. The summed E-state index contributed by atoms with van der Waals surface area (Å²) in [4.78, 5) is 0. The monoisotopic (exact) mass is 225 g/mol. The van der Waals surface area contributed by atoms with E-state index in [4.69, 9.17) is 5.73 Å². The summed E-state index contributed by atoms with van der Waals surface area (Å²) in [6.07, 6.45) is 2.01. The van der Waals surface area contributed by atoms with Crippen LogP contribution in [0.25, 0.3) is 10.8 Å². The fourth-order valence-electron chi connectivity index (χ4n) is 1.45. The van der Waals surface area contributed by atoms with Crippen molar-refractivity contribution in [2.24, 2.45) is 5.73 Å². The zero-order valence-electron chi connectivity index (χ0n) is 7.78. The third kappa shape index (κ3) is 1.39. The second-order valence-corrected chi connectivity index (χ2v) is 4.92. The van der Waals surface area contributed by atoms with Gasteiger partial charge in [0.15, 0.2) is 0 Å². The van der Waals surface area contributed by atoms with E-state index in [1.807, 2.05) is 18.4 Å². The Kier molecular flexibility index (Phi) is 2.67. The molecule has 0 aliphatic rings. The normalized spacial score (nSPS) is 11.0. The van der Waals surface area contributed by atoms with Crippen LogP contribution in [0.5, 0.6) is 5.75 Å². The quantitative estimate of drug-likeness (QED) is 0.773. The molecule has 1 aromatic heterocycles. The molecule has 0 atom stereocenters. The van der Waals surface area contributed by atoms with Crippen molar-refractivity contribution >= 4 is 33.9 Å². The lowest BCUT2D eigenvalue weighted by Crippen LogP contribution is -1.96. The Hall–Kier alpha value is -0.710. The van der Waals surface area contributed by atoms with Gasteiger partial charge in [-0.25, -0.2) is 0 Å². The fourth-order valence-corrected chi connectivity index (χ4v) is 3.16. The molecule has 74 valence electrons. The minimum absolute atomic E-state index is 0.343. The molecule has 2 aromatic rings. The van der Waals surface area contributed by atoms with Crippen molar-refractivity contribution < 1.29 is 5.11 Å². The van der Waals surface area contributed by atoms with E-state index in [0.29, 0.717) is 12.3 Å². The van der Waals surface area contributed by atoms with Crippen LogP contribution in [-0.2, 0) is 6.54 Å². The van der Waals surface area contributed by atoms with Gasteiger partial charge in [0.1, 0.15) is 5.75 Å². The first-order valence-electron chi connectivity index (χ1n) is 4.24. The molecule has 14 heavy (non-hydrogen) atoms. The maximum Gasteiger partial charge on any atom is 0.129 e. The number of thioether (sulfide) groups is 1. The first-order chi connectivity index (χ1) is 6.77. The largest absolute Gasteiger partial charge is 0.507 e. The van der Waals surface area contributed by atoms with Gasteiger partial charge in [-0.3, -0.25) is 0 Å². The fraction of sp³-hybridized carbons (Fsp3) is 0.200. The first kappa shape index (κ1) is 9.83. The molecule has 0 radical (unpaired) electrons. The molecule has 0 amide bonds. The molecule has 3 N–H and O–H groups in total. The van der Waals surface area contributed by atoms with E-state index in [2.05, 4.69) is 5.38 Å². The molecule has 4 heteroatoms. The summed E-state index contributed by atoms with van der Waals surface area (Å²) < 4.78 is 1.15. The Bertz CT molecular complexity index is 464. The highest BCUT2D eigenvalue weighted by Crippen LogP contribution is 2.39. The van der Waals surface area contributed by atoms with Crippen LogP contribution >= 0.6 is 23.1 Å². The maximum atomic E-state index is 9.96. The van der Waals surface area contributed by atoms with E-state index in [0.717, 1.165) is 20.5 Å². The van der Waals surface area contributed by atoms with E-state index in [1.54, 1.807) is 23.1 Å². The summed E-state index contributed by atoms with van der Waals surface area (Å²) in [6, 6.07) is 3.89. The predicted octanol–water partition coefficient (Wildman–Crippen LogP) is 2.79. The minimum Gasteiger partial charge on any atom is -0.507 e. The number of phenols is 1. The molecule has 0 unspecified atom stereocenters. The number of benzene rings is 1. The number of hydrogen-bond donors (Lipinski definition) is 2. The lowest BCUT2D eigenvalue weighted by atomic mass is 10.1. The summed E-state index contributed by atoms with van der Waals surface area (Å²) in [7, 11) is 0. The number of hydrogen-bond acceptors (Lipinski definition) is 4. The summed E-state index contributed by atoms with van der Waals surface area (Å²) in [5.41, 5.74) is 6.35. The van der Waals surface area contributed by atoms with Crippen LogP contribution < -0.4 is 5.73 Å². The zero-order chi connectivity index (χ0) is 10.1. The topological polar surface area (TPSA) is 46.2 Å².